The minimum atomic E-state index is -0.117. The van der Waals surface area contributed by atoms with Gasteiger partial charge in [-0.05, 0) is 18.6 Å². The molecular weight excluding hydrogens is 248 g/mol. The number of carbonyl (C=O) groups excluding carboxylic acids is 1. The molecule has 0 radical (unpaired) electrons. The minimum absolute atomic E-state index is 0.0148. The molecule has 0 saturated heterocycles. The van der Waals surface area contributed by atoms with Gasteiger partial charge in [0.1, 0.15) is 5.75 Å². The van der Waals surface area contributed by atoms with E-state index < -0.39 is 0 Å². The van der Waals surface area contributed by atoms with Crippen molar-refractivity contribution in [3.8, 4) is 5.75 Å². The van der Waals surface area contributed by atoms with Crippen molar-refractivity contribution in [2.75, 3.05) is 18.6 Å². The number of rotatable bonds is 4. The fraction of sp³-hybridized carbons (Fsp3) is 0.231. The Labute approximate surface area is 110 Å². The second-order valence-corrected chi connectivity index (χ2v) is 4.69. The Bertz CT molecular complexity index is 526. The van der Waals surface area contributed by atoms with E-state index >= 15 is 0 Å². The number of hydrogen-bond acceptors (Lipinski definition) is 4. The zero-order valence-corrected chi connectivity index (χ0v) is 11.1. The standard InChI is InChI=1S/C13H14N2O2S/c1-10-5-3-4-6-11(10)17-9-12(16)15(2)13-14-7-8-18-13/h3-8H,9H2,1-2H3. The van der Waals surface area contributed by atoms with Crippen LogP contribution >= 0.6 is 11.3 Å². The van der Waals surface area contributed by atoms with Gasteiger partial charge in [0.2, 0.25) is 0 Å². The predicted octanol–water partition coefficient (Wildman–Crippen LogP) is 2.49. The van der Waals surface area contributed by atoms with E-state index in [1.54, 1.807) is 13.2 Å². The van der Waals surface area contributed by atoms with Crippen LogP contribution in [0.3, 0.4) is 0 Å². The third-order valence-electron chi connectivity index (χ3n) is 2.53. The highest BCUT2D eigenvalue weighted by Gasteiger charge is 2.13. The first-order valence-electron chi connectivity index (χ1n) is 5.53. The van der Waals surface area contributed by atoms with Crippen molar-refractivity contribution in [3.63, 3.8) is 0 Å². The Balaban J connectivity index is 1.95. The summed E-state index contributed by atoms with van der Waals surface area (Å²) in [7, 11) is 1.70. The Hall–Kier alpha value is -1.88. The van der Waals surface area contributed by atoms with E-state index in [0.29, 0.717) is 5.13 Å². The second-order valence-electron chi connectivity index (χ2n) is 3.82. The SMILES string of the molecule is Cc1ccccc1OCC(=O)N(C)c1nccs1. The topological polar surface area (TPSA) is 42.4 Å². The molecule has 0 bridgehead atoms. The molecule has 1 aromatic carbocycles. The predicted molar refractivity (Wildman–Crippen MR) is 72.2 cm³/mol. The van der Waals surface area contributed by atoms with Crippen LogP contribution in [-0.2, 0) is 4.79 Å². The molecule has 94 valence electrons. The first kappa shape index (κ1) is 12.6. The van der Waals surface area contributed by atoms with Crippen LogP contribution in [-0.4, -0.2) is 24.5 Å². The Morgan fingerprint density at radius 3 is 2.89 bits per heavy atom. The van der Waals surface area contributed by atoms with Crippen molar-refractivity contribution >= 4 is 22.4 Å². The van der Waals surface area contributed by atoms with Gasteiger partial charge < -0.3 is 4.74 Å². The molecule has 0 spiro atoms. The Kier molecular flexibility index (Phi) is 3.94. The average Bonchev–Trinajstić information content (AvgIpc) is 2.90. The highest BCUT2D eigenvalue weighted by molar-refractivity contribution is 7.13. The summed E-state index contributed by atoms with van der Waals surface area (Å²) in [6.07, 6.45) is 1.67. The molecule has 0 aliphatic rings. The number of carbonyl (C=O) groups is 1. The zero-order valence-electron chi connectivity index (χ0n) is 10.3. The van der Waals surface area contributed by atoms with Crippen LogP contribution in [0.5, 0.6) is 5.75 Å². The number of nitrogens with zero attached hydrogens (tertiary/aromatic N) is 2. The lowest BCUT2D eigenvalue weighted by atomic mass is 10.2. The summed E-state index contributed by atoms with van der Waals surface area (Å²) in [5.74, 6) is 0.617. The summed E-state index contributed by atoms with van der Waals surface area (Å²) in [6, 6.07) is 7.62. The maximum Gasteiger partial charge on any atom is 0.266 e. The lowest BCUT2D eigenvalue weighted by Gasteiger charge is -2.14. The molecule has 18 heavy (non-hydrogen) atoms. The number of amides is 1. The van der Waals surface area contributed by atoms with E-state index in [9.17, 15) is 4.79 Å². The van der Waals surface area contributed by atoms with Gasteiger partial charge in [-0.3, -0.25) is 9.69 Å². The normalized spacial score (nSPS) is 10.1. The number of para-hydroxylation sites is 1. The first-order valence-corrected chi connectivity index (χ1v) is 6.41. The van der Waals surface area contributed by atoms with Crippen LogP contribution < -0.4 is 9.64 Å². The number of hydrogen-bond donors (Lipinski definition) is 0. The molecule has 0 aliphatic heterocycles. The van der Waals surface area contributed by atoms with Gasteiger partial charge >= 0.3 is 0 Å². The monoisotopic (exact) mass is 262 g/mol. The third-order valence-corrected chi connectivity index (χ3v) is 3.37. The highest BCUT2D eigenvalue weighted by atomic mass is 32.1. The third kappa shape index (κ3) is 2.87. The molecule has 0 aliphatic carbocycles. The smallest absolute Gasteiger partial charge is 0.266 e. The summed E-state index contributed by atoms with van der Waals surface area (Å²) in [6.45, 7) is 1.96. The van der Waals surface area contributed by atoms with E-state index in [2.05, 4.69) is 4.98 Å². The van der Waals surface area contributed by atoms with Crippen LogP contribution in [0, 0.1) is 6.92 Å². The lowest BCUT2D eigenvalue weighted by Crippen LogP contribution is -2.31. The van der Waals surface area contributed by atoms with Gasteiger partial charge in [0, 0.05) is 18.6 Å². The van der Waals surface area contributed by atoms with Gasteiger partial charge in [0.15, 0.2) is 11.7 Å². The van der Waals surface area contributed by atoms with E-state index in [4.69, 9.17) is 4.74 Å². The number of aryl methyl sites for hydroxylation is 1. The first-order chi connectivity index (χ1) is 8.68. The van der Waals surface area contributed by atoms with E-state index in [1.165, 1.54) is 16.2 Å². The molecule has 1 heterocycles. The fourth-order valence-electron chi connectivity index (χ4n) is 1.44. The summed E-state index contributed by atoms with van der Waals surface area (Å²) in [5.41, 5.74) is 1.02. The van der Waals surface area contributed by atoms with Crippen molar-refractivity contribution in [3.05, 3.63) is 41.4 Å². The van der Waals surface area contributed by atoms with Crippen molar-refractivity contribution in [1.29, 1.82) is 0 Å². The van der Waals surface area contributed by atoms with Crippen LogP contribution in [0.25, 0.3) is 0 Å². The van der Waals surface area contributed by atoms with Crippen LogP contribution in [0.2, 0.25) is 0 Å². The maximum absolute atomic E-state index is 11.9. The van der Waals surface area contributed by atoms with Gasteiger partial charge in [-0.1, -0.05) is 18.2 Å². The van der Waals surface area contributed by atoms with Crippen molar-refractivity contribution in [2.24, 2.45) is 0 Å². The molecule has 2 rings (SSSR count). The summed E-state index contributed by atoms with van der Waals surface area (Å²) in [5, 5.41) is 2.51. The molecule has 0 atom stereocenters. The van der Waals surface area contributed by atoms with Crippen LogP contribution in [0.15, 0.2) is 35.8 Å². The number of anilines is 1. The van der Waals surface area contributed by atoms with Gasteiger partial charge in [0.25, 0.3) is 5.91 Å². The summed E-state index contributed by atoms with van der Waals surface area (Å²) >= 11 is 1.42. The highest BCUT2D eigenvalue weighted by Crippen LogP contribution is 2.18. The molecule has 1 aromatic heterocycles. The number of likely N-dealkylation sites (N-methyl/N-ethyl adjacent to an activating group) is 1. The number of thiazole rings is 1. The maximum atomic E-state index is 11.9. The molecule has 0 fully saturated rings. The summed E-state index contributed by atoms with van der Waals surface area (Å²) in [4.78, 5) is 17.5. The van der Waals surface area contributed by atoms with Crippen molar-refractivity contribution in [1.82, 2.24) is 4.98 Å². The van der Waals surface area contributed by atoms with Crippen LogP contribution in [0.4, 0.5) is 5.13 Å². The van der Waals surface area contributed by atoms with Crippen molar-refractivity contribution in [2.45, 2.75) is 6.92 Å². The van der Waals surface area contributed by atoms with Gasteiger partial charge in [-0.2, -0.15) is 0 Å². The lowest BCUT2D eigenvalue weighted by molar-refractivity contribution is -0.120. The van der Waals surface area contributed by atoms with Gasteiger partial charge in [-0.25, -0.2) is 4.98 Å². The molecule has 0 N–H and O–H groups in total. The minimum Gasteiger partial charge on any atom is -0.483 e. The molecule has 2 aromatic rings. The number of ether oxygens (including phenoxy) is 1. The van der Waals surface area contributed by atoms with Crippen LogP contribution in [0.1, 0.15) is 5.56 Å². The zero-order chi connectivity index (χ0) is 13.0. The summed E-state index contributed by atoms with van der Waals surface area (Å²) < 4.78 is 5.50. The molecule has 0 unspecified atom stereocenters. The Morgan fingerprint density at radius 1 is 1.44 bits per heavy atom. The van der Waals surface area contributed by atoms with E-state index in [1.807, 2.05) is 36.6 Å². The quantitative estimate of drug-likeness (QED) is 0.850. The second kappa shape index (κ2) is 5.64. The number of aromatic nitrogens is 1. The molecule has 0 saturated carbocycles. The van der Waals surface area contributed by atoms with E-state index in [0.717, 1.165) is 11.3 Å². The van der Waals surface area contributed by atoms with Gasteiger partial charge in [-0.15, -0.1) is 11.3 Å². The Morgan fingerprint density at radius 2 is 2.22 bits per heavy atom. The fourth-order valence-corrected chi connectivity index (χ4v) is 2.07. The molecule has 5 heteroatoms. The van der Waals surface area contributed by atoms with E-state index in [-0.39, 0.29) is 12.5 Å². The van der Waals surface area contributed by atoms with Gasteiger partial charge in [0.05, 0.1) is 0 Å². The number of benzene rings is 1. The van der Waals surface area contributed by atoms with Crippen molar-refractivity contribution < 1.29 is 9.53 Å². The molecule has 4 nitrogen and oxygen atoms in total. The molecule has 1 amide bonds. The average molecular weight is 262 g/mol. The largest absolute Gasteiger partial charge is 0.483 e. The molecular formula is C13H14N2O2S.